The molecular weight excluding hydrogens is 340 g/mol. The molecule has 0 aliphatic heterocycles. The second-order valence-electron chi connectivity index (χ2n) is 5.28. The van der Waals surface area contributed by atoms with Crippen molar-refractivity contribution in [3.63, 3.8) is 0 Å². The van der Waals surface area contributed by atoms with Gasteiger partial charge in [0.1, 0.15) is 6.04 Å². The molecule has 1 amide bonds. The summed E-state index contributed by atoms with van der Waals surface area (Å²) in [6, 6.07) is 5.22. The standard InChI is InChI=1S/C17H18N4O3S/c1-11(21-7-6-18-10-21)16(22)20-17-19-13(9-25-17)12-4-5-14(23-2)15(8-12)24-3/h4-11H,1-3H3,(H,19,20,22)/t11-/m1/s1. The van der Waals surface area contributed by atoms with Gasteiger partial charge in [0.2, 0.25) is 5.91 Å². The molecule has 1 atom stereocenters. The molecule has 2 heterocycles. The molecule has 0 aliphatic rings. The average molecular weight is 358 g/mol. The fourth-order valence-electron chi connectivity index (χ4n) is 2.30. The molecule has 0 aliphatic carbocycles. The zero-order valence-electron chi connectivity index (χ0n) is 14.1. The van der Waals surface area contributed by atoms with Crippen molar-refractivity contribution in [1.82, 2.24) is 14.5 Å². The van der Waals surface area contributed by atoms with Crippen molar-refractivity contribution in [2.75, 3.05) is 19.5 Å². The van der Waals surface area contributed by atoms with Gasteiger partial charge < -0.3 is 19.4 Å². The molecular formula is C17H18N4O3S. The Morgan fingerprint density at radius 2 is 2.08 bits per heavy atom. The number of benzene rings is 1. The van der Waals surface area contributed by atoms with Gasteiger partial charge in [-0.25, -0.2) is 9.97 Å². The van der Waals surface area contributed by atoms with Crippen molar-refractivity contribution >= 4 is 22.4 Å². The van der Waals surface area contributed by atoms with Crippen LogP contribution in [0.1, 0.15) is 13.0 Å². The number of imidazole rings is 1. The minimum atomic E-state index is -0.365. The number of nitrogens with zero attached hydrogens (tertiary/aromatic N) is 3. The van der Waals surface area contributed by atoms with Crippen LogP contribution in [0.4, 0.5) is 5.13 Å². The van der Waals surface area contributed by atoms with Gasteiger partial charge in [0.25, 0.3) is 0 Å². The number of hydrogen-bond donors (Lipinski definition) is 1. The first kappa shape index (κ1) is 17.0. The molecule has 1 aromatic carbocycles. The van der Waals surface area contributed by atoms with Crippen molar-refractivity contribution in [2.45, 2.75) is 13.0 Å². The van der Waals surface area contributed by atoms with Gasteiger partial charge in [-0.05, 0) is 25.1 Å². The summed E-state index contributed by atoms with van der Waals surface area (Å²) in [6.07, 6.45) is 5.00. The number of ether oxygens (including phenoxy) is 2. The maximum Gasteiger partial charge on any atom is 0.248 e. The largest absolute Gasteiger partial charge is 0.493 e. The Morgan fingerprint density at radius 3 is 2.76 bits per heavy atom. The van der Waals surface area contributed by atoms with E-state index in [0.29, 0.717) is 16.6 Å². The number of nitrogens with one attached hydrogen (secondary N) is 1. The van der Waals surface area contributed by atoms with E-state index in [0.717, 1.165) is 11.3 Å². The Hall–Kier alpha value is -2.87. The minimum absolute atomic E-state index is 0.147. The molecule has 3 aromatic rings. The van der Waals surface area contributed by atoms with E-state index in [1.165, 1.54) is 11.3 Å². The lowest BCUT2D eigenvalue weighted by Gasteiger charge is -2.11. The smallest absolute Gasteiger partial charge is 0.248 e. The second-order valence-corrected chi connectivity index (χ2v) is 6.14. The summed E-state index contributed by atoms with van der Waals surface area (Å²) in [7, 11) is 3.18. The van der Waals surface area contributed by atoms with Crippen molar-refractivity contribution in [3.05, 3.63) is 42.3 Å². The molecule has 0 unspecified atom stereocenters. The molecule has 0 bridgehead atoms. The number of methoxy groups -OCH3 is 2. The van der Waals surface area contributed by atoms with E-state index in [-0.39, 0.29) is 11.9 Å². The first-order valence-electron chi connectivity index (χ1n) is 7.58. The molecule has 3 rings (SSSR count). The van der Waals surface area contributed by atoms with Crippen LogP contribution in [-0.2, 0) is 4.79 Å². The Labute approximate surface area is 149 Å². The molecule has 0 radical (unpaired) electrons. The van der Waals surface area contributed by atoms with Gasteiger partial charge in [0.15, 0.2) is 16.6 Å². The molecule has 130 valence electrons. The van der Waals surface area contributed by atoms with Crippen LogP contribution in [0.5, 0.6) is 11.5 Å². The van der Waals surface area contributed by atoms with E-state index >= 15 is 0 Å². The summed E-state index contributed by atoms with van der Waals surface area (Å²) >= 11 is 1.37. The van der Waals surface area contributed by atoms with Gasteiger partial charge in [0.05, 0.1) is 26.2 Å². The topological polar surface area (TPSA) is 78.3 Å². The van der Waals surface area contributed by atoms with E-state index in [9.17, 15) is 4.79 Å². The number of anilines is 1. The van der Waals surface area contributed by atoms with Crippen molar-refractivity contribution in [1.29, 1.82) is 0 Å². The van der Waals surface area contributed by atoms with Crippen LogP contribution in [0.15, 0.2) is 42.3 Å². The van der Waals surface area contributed by atoms with Gasteiger partial charge in [-0.3, -0.25) is 4.79 Å². The monoisotopic (exact) mass is 358 g/mol. The molecule has 0 spiro atoms. The van der Waals surface area contributed by atoms with Crippen molar-refractivity contribution in [2.24, 2.45) is 0 Å². The van der Waals surface area contributed by atoms with Crippen LogP contribution in [0, 0.1) is 0 Å². The molecule has 0 fully saturated rings. The van der Waals surface area contributed by atoms with E-state index in [1.54, 1.807) is 44.4 Å². The highest BCUT2D eigenvalue weighted by Gasteiger charge is 2.16. The highest BCUT2D eigenvalue weighted by Crippen LogP contribution is 2.33. The summed E-state index contributed by atoms with van der Waals surface area (Å²) in [5, 5.41) is 5.27. The number of aromatic nitrogens is 3. The molecule has 7 nitrogen and oxygen atoms in total. The summed E-state index contributed by atoms with van der Waals surface area (Å²) in [4.78, 5) is 20.7. The Kier molecular flexibility index (Phi) is 4.99. The first-order valence-corrected chi connectivity index (χ1v) is 8.46. The molecule has 1 N–H and O–H groups in total. The zero-order chi connectivity index (χ0) is 17.8. The summed E-state index contributed by atoms with van der Waals surface area (Å²) in [6.45, 7) is 1.81. The van der Waals surface area contributed by atoms with E-state index in [4.69, 9.17) is 9.47 Å². The quantitative estimate of drug-likeness (QED) is 0.732. The van der Waals surface area contributed by atoms with Crippen LogP contribution < -0.4 is 14.8 Å². The minimum Gasteiger partial charge on any atom is -0.493 e. The average Bonchev–Trinajstić information content (AvgIpc) is 3.32. The number of rotatable bonds is 6. The maximum absolute atomic E-state index is 12.3. The summed E-state index contributed by atoms with van der Waals surface area (Å²) in [5.41, 5.74) is 1.65. The maximum atomic E-state index is 12.3. The Morgan fingerprint density at radius 1 is 1.28 bits per heavy atom. The number of thiazole rings is 1. The molecule has 25 heavy (non-hydrogen) atoms. The third-order valence-electron chi connectivity index (χ3n) is 3.77. The lowest BCUT2D eigenvalue weighted by atomic mass is 10.1. The number of amides is 1. The predicted octanol–water partition coefficient (Wildman–Crippen LogP) is 3.22. The normalized spacial score (nSPS) is 11.8. The van der Waals surface area contributed by atoms with Gasteiger partial charge in [-0.1, -0.05) is 0 Å². The van der Waals surface area contributed by atoms with Crippen molar-refractivity contribution < 1.29 is 14.3 Å². The van der Waals surface area contributed by atoms with Crippen LogP contribution >= 0.6 is 11.3 Å². The Bertz CT molecular complexity index is 861. The molecule has 0 saturated heterocycles. The van der Waals surface area contributed by atoms with Gasteiger partial charge >= 0.3 is 0 Å². The lowest BCUT2D eigenvalue weighted by molar-refractivity contribution is -0.118. The zero-order valence-corrected chi connectivity index (χ0v) is 14.9. The van der Waals surface area contributed by atoms with Gasteiger partial charge in [-0.2, -0.15) is 0 Å². The number of carbonyl (C=O) groups excluding carboxylic acids is 1. The highest BCUT2D eigenvalue weighted by molar-refractivity contribution is 7.14. The third-order valence-corrected chi connectivity index (χ3v) is 4.52. The first-order chi connectivity index (χ1) is 12.1. The molecule has 0 saturated carbocycles. The van der Waals surface area contributed by atoms with E-state index in [1.807, 2.05) is 23.6 Å². The van der Waals surface area contributed by atoms with Crippen molar-refractivity contribution in [3.8, 4) is 22.8 Å². The third kappa shape index (κ3) is 3.63. The second kappa shape index (κ2) is 7.35. The molecule has 8 heteroatoms. The number of carbonyl (C=O) groups is 1. The van der Waals surface area contributed by atoms with E-state index in [2.05, 4.69) is 15.3 Å². The van der Waals surface area contributed by atoms with Gasteiger partial charge in [-0.15, -0.1) is 11.3 Å². The van der Waals surface area contributed by atoms with E-state index < -0.39 is 0 Å². The fourth-order valence-corrected chi connectivity index (χ4v) is 3.03. The predicted molar refractivity (Wildman–Crippen MR) is 96.2 cm³/mol. The number of hydrogen-bond acceptors (Lipinski definition) is 6. The summed E-state index contributed by atoms with van der Waals surface area (Å²) < 4.78 is 12.3. The van der Waals surface area contributed by atoms with Crippen LogP contribution in [0.3, 0.4) is 0 Å². The summed E-state index contributed by atoms with van der Waals surface area (Å²) in [5.74, 6) is 1.14. The van der Waals surface area contributed by atoms with Gasteiger partial charge in [0, 0.05) is 23.3 Å². The Balaban J connectivity index is 1.75. The molecule has 2 aromatic heterocycles. The van der Waals surface area contributed by atoms with Crippen LogP contribution in [0.25, 0.3) is 11.3 Å². The highest BCUT2D eigenvalue weighted by atomic mass is 32.1. The van der Waals surface area contributed by atoms with Crippen LogP contribution in [-0.4, -0.2) is 34.7 Å². The van der Waals surface area contributed by atoms with Crippen LogP contribution in [0.2, 0.25) is 0 Å². The fraction of sp³-hybridized carbons (Fsp3) is 0.235. The SMILES string of the molecule is COc1ccc(-c2csc(NC(=O)[C@@H](C)n3ccnc3)n2)cc1OC. The lowest BCUT2D eigenvalue weighted by Crippen LogP contribution is -2.22.